The van der Waals surface area contributed by atoms with Crippen LogP contribution in [0.4, 0.5) is 0 Å². The quantitative estimate of drug-likeness (QED) is 0.0669. The van der Waals surface area contributed by atoms with Crippen LogP contribution in [0.5, 0.6) is 0 Å². The maximum Gasteiger partial charge on any atom is 0.394 e. The Labute approximate surface area is 251 Å². The van der Waals surface area contributed by atoms with E-state index in [0.29, 0.717) is 126 Å². The molecule has 256 valence electrons. The smallest absolute Gasteiger partial charge is 0.394 e. The highest BCUT2D eigenvalue weighted by molar-refractivity contribution is 7.79. The molecule has 0 bridgehead atoms. The molecule has 0 rings (SSSR count). The zero-order chi connectivity index (χ0) is 31.2. The Morgan fingerprint density at radius 1 is 0.381 bits per heavy atom. The molecule has 0 aliphatic carbocycles. The van der Waals surface area contributed by atoms with Crippen molar-refractivity contribution in [3.63, 3.8) is 0 Å². The topological polar surface area (TPSA) is 187 Å². The SMILES string of the molecule is CCCCCCOCCOCCOCCOCCOCCOCCOCCOCCOCCOCCO.O=S(=O)(O)O. The summed E-state index contributed by atoms with van der Waals surface area (Å²) >= 11 is 0. The van der Waals surface area contributed by atoms with Crippen molar-refractivity contribution in [3.05, 3.63) is 0 Å². The van der Waals surface area contributed by atoms with Gasteiger partial charge in [0.1, 0.15) is 0 Å². The first-order chi connectivity index (χ1) is 20.4. The second-order valence-corrected chi connectivity index (χ2v) is 9.25. The zero-order valence-electron chi connectivity index (χ0n) is 25.3. The van der Waals surface area contributed by atoms with Crippen LogP contribution in [0.1, 0.15) is 32.6 Å². The van der Waals surface area contributed by atoms with Gasteiger partial charge in [0.15, 0.2) is 0 Å². The van der Waals surface area contributed by atoms with E-state index in [4.69, 9.17) is 70.0 Å². The fourth-order valence-electron chi connectivity index (χ4n) is 2.78. The Hall–Kier alpha value is -0.570. The summed E-state index contributed by atoms with van der Waals surface area (Å²) in [6.45, 7) is 13.0. The van der Waals surface area contributed by atoms with Crippen LogP contribution in [0.3, 0.4) is 0 Å². The fourth-order valence-corrected chi connectivity index (χ4v) is 2.78. The van der Waals surface area contributed by atoms with E-state index in [1.807, 2.05) is 0 Å². The lowest BCUT2D eigenvalue weighted by Crippen LogP contribution is -2.15. The van der Waals surface area contributed by atoms with E-state index in [0.717, 1.165) is 13.0 Å². The van der Waals surface area contributed by atoms with Gasteiger partial charge in [-0.3, -0.25) is 9.11 Å². The first-order valence-corrected chi connectivity index (χ1v) is 15.9. The maximum atomic E-state index is 8.74. The first-order valence-electron chi connectivity index (χ1n) is 14.5. The van der Waals surface area contributed by atoms with Crippen LogP contribution < -0.4 is 0 Å². The molecule has 0 radical (unpaired) electrons. The van der Waals surface area contributed by atoms with Gasteiger partial charge in [0.25, 0.3) is 0 Å². The van der Waals surface area contributed by atoms with Crippen molar-refractivity contribution in [3.8, 4) is 0 Å². The van der Waals surface area contributed by atoms with Gasteiger partial charge >= 0.3 is 10.4 Å². The summed E-state index contributed by atoms with van der Waals surface area (Å²) in [5, 5.41) is 8.56. The summed E-state index contributed by atoms with van der Waals surface area (Å²) in [5.41, 5.74) is 0. The number of hydrogen-bond donors (Lipinski definition) is 3. The molecule has 0 spiro atoms. The second kappa shape index (κ2) is 38.5. The molecule has 0 aliphatic heterocycles. The van der Waals surface area contributed by atoms with E-state index in [-0.39, 0.29) is 6.61 Å². The molecule has 0 fully saturated rings. The Morgan fingerprint density at radius 2 is 0.595 bits per heavy atom. The molecule has 0 aromatic carbocycles. The summed E-state index contributed by atoms with van der Waals surface area (Å²) in [4.78, 5) is 0. The molecule has 0 saturated carbocycles. The van der Waals surface area contributed by atoms with Crippen LogP contribution in [0.2, 0.25) is 0 Å². The van der Waals surface area contributed by atoms with Crippen molar-refractivity contribution in [2.45, 2.75) is 32.6 Å². The van der Waals surface area contributed by atoms with E-state index < -0.39 is 10.4 Å². The zero-order valence-corrected chi connectivity index (χ0v) is 26.1. The minimum atomic E-state index is -4.67. The van der Waals surface area contributed by atoms with Crippen molar-refractivity contribution >= 4 is 10.4 Å². The fraction of sp³-hybridized carbons (Fsp3) is 1.00. The first kappa shape index (κ1) is 43.6. The van der Waals surface area contributed by atoms with Gasteiger partial charge in [-0.25, -0.2) is 0 Å². The number of unbranched alkanes of at least 4 members (excludes halogenated alkanes) is 3. The second-order valence-electron chi connectivity index (χ2n) is 8.36. The van der Waals surface area contributed by atoms with Gasteiger partial charge < -0.3 is 52.5 Å². The monoisotopic (exact) mass is 640 g/mol. The summed E-state index contributed by atoms with van der Waals surface area (Å²) in [6, 6.07) is 0. The van der Waals surface area contributed by atoms with Gasteiger partial charge in [0.05, 0.1) is 132 Å². The van der Waals surface area contributed by atoms with E-state index in [1.54, 1.807) is 0 Å². The third-order valence-electron chi connectivity index (χ3n) is 4.73. The molecule has 15 nitrogen and oxygen atoms in total. The normalized spacial score (nSPS) is 11.5. The number of aliphatic hydroxyl groups is 1. The van der Waals surface area contributed by atoms with Crippen LogP contribution in [-0.2, 0) is 57.8 Å². The van der Waals surface area contributed by atoms with Crippen molar-refractivity contribution in [1.82, 2.24) is 0 Å². The van der Waals surface area contributed by atoms with Crippen LogP contribution in [0.25, 0.3) is 0 Å². The largest absolute Gasteiger partial charge is 0.394 e. The van der Waals surface area contributed by atoms with Crippen LogP contribution >= 0.6 is 0 Å². The van der Waals surface area contributed by atoms with E-state index in [2.05, 4.69) is 6.92 Å². The van der Waals surface area contributed by atoms with Crippen LogP contribution in [-0.4, -0.2) is 161 Å². The molecule has 0 saturated heterocycles. The molecule has 0 atom stereocenters. The number of aliphatic hydroxyl groups excluding tert-OH is 1. The average Bonchev–Trinajstić information content (AvgIpc) is 2.94. The standard InChI is InChI=1S/C26H54O11.H2O4S/c1-2-3-4-5-7-28-9-11-30-13-15-32-17-19-34-21-23-36-25-26-37-24-22-35-20-18-33-16-14-31-12-10-29-8-6-27;1-5(2,3)4/h27H,2-26H2,1H3;(H2,1,2,3,4). The van der Waals surface area contributed by atoms with Crippen LogP contribution in [0.15, 0.2) is 0 Å². The molecular weight excluding hydrogens is 584 g/mol. The van der Waals surface area contributed by atoms with Gasteiger partial charge in [-0.05, 0) is 6.42 Å². The molecule has 0 aromatic rings. The van der Waals surface area contributed by atoms with Gasteiger partial charge in [-0.2, -0.15) is 8.42 Å². The number of rotatable bonds is 34. The van der Waals surface area contributed by atoms with Gasteiger partial charge in [-0.15, -0.1) is 0 Å². The molecule has 42 heavy (non-hydrogen) atoms. The molecule has 0 aliphatic rings. The molecule has 0 amide bonds. The van der Waals surface area contributed by atoms with E-state index in [1.165, 1.54) is 19.3 Å². The highest BCUT2D eigenvalue weighted by Gasteiger charge is 1.96. The summed E-state index contributed by atoms with van der Waals surface area (Å²) in [7, 11) is -4.67. The van der Waals surface area contributed by atoms with Crippen molar-refractivity contribution in [2.75, 3.05) is 139 Å². The minimum absolute atomic E-state index is 0.0302. The molecule has 16 heteroatoms. The Balaban J connectivity index is 0. The lowest BCUT2D eigenvalue weighted by atomic mass is 10.2. The van der Waals surface area contributed by atoms with Crippen molar-refractivity contribution < 1.29 is 70.0 Å². The lowest BCUT2D eigenvalue weighted by Gasteiger charge is -2.09. The summed E-state index contributed by atoms with van der Waals surface area (Å²) in [5.74, 6) is 0. The lowest BCUT2D eigenvalue weighted by molar-refractivity contribution is -0.0268. The van der Waals surface area contributed by atoms with Crippen molar-refractivity contribution in [2.24, 2.45) is 0 Å². The van der Waals surface area contributed by atoms with Gasteiger partial charge in [0.2, 0.25) is 0 Å². The Kier molecular flexibility index (Phi) is 39.9. The average molecular weight is 641 g/mol. The minimum Gasteiger partial charge on any atom is -0.394 e. The van der Waals surface area contributed by atoms with Crippen molar-refractivity contribution in [1.29, 1.82) is 0 Å². The maximum absolute atomic E-state index is 8.74. The third kappa shape index (κ3) is 52.1. The third-order valence-corrected chi connectivity index (χ3v) is 4.73. The predicted octanol–water partition coefficient (Wildman–Crippen LogP) is 1.07. The van der Waals surface area contributed by atoms with E-state index in [9.17, 15) is 0 Å². The highest BCUT2D eigenvalue weighted by Crippen LogP contribution is 1.98. The summed E-state index contributed by atoms with van der Waals surface area (Å²) < 4.78 is 85.6. The van der Waals surface area contributed by atoms with Gasteiger partial charge in [-0.1, -0.05) is 26.2 Å². The molecule has 0 heterocycles. The molecule has 0 aromatic heterocycles. The predicted molar refractivity (Wildman–Crippen MR) is 154 cm³/mol. The molecular formula is C26H56O15S. The number of ether oxygens (including phenoxy) is 10. The highest BCUT2D eigenvalue weighted by atomic mass is 32.3. The molecule has 3 N–H and O–H groups in total. The Bertz CT molecular complexity index is 542. The van der Waals surface area contributed by atoms with Crippen LogP contribution in [0, 0.1) is 0 Å². The summed E-state index contributed by atoms with van der Waals surface area (Å²) in [6.07, 6.45) is 4.90. The molecule has 0 unspecified atom stereocenters. The Morgan fingerprint density at radius 3 is 0.810 bits per heavy atom. The van der Waals surface area contributed by atoms with Gasteiger partial charge in [0, 0.05) is 6.61 Å². The number of hydrogen-bond acceptors (Lipinski definition) is 13. The van der Waals surface area contributed by atoms with E-state index >= 15 is 0 Å².